The molecule has 0 radical (unpaired) electrons. The highest BCUT2D eigenvalue weighted by Crippen LogP contribution is 2.35. The van der Waals surface area contributed by atoms with Gasteiger partial charge in [-0.1, -0.05) is 18.2 Å². The van der Waals surface area contributed by atoms with Gasteiger partial charge < -0.3 is 15.4 Å². The fourth-order valence-corrected chi connectivity index (χ4v) is 3.90. The summed E-state index contributed by atoms with van der Waals surface area (Å²) in [4.78, 5) is 24.0. The van der Waals surface area contributed by atoms with E-state index < -0.39 is 0 Å². The minimum Gasteiger partial charge on any atom is -0.494 e. The van der Waals surface area contributed by atoms with Crippen molar-refractivity contribution in [3.05, 3.63) is 49.3 Å². The maximum absolute atomic E-state index is 12.2. The first kappa shape index (κ1) is 18.4. The standard InChI is InChI=1S/C17H17BrN4O3S/c1-25-13-12(9-26-14(13)18)16(23)20-8-4-7-19-15-10-5-2-3-6-11(10)17(24)22-21-15/h2-3,5-6,9H,4,7-8H2,1H3,(H,19,21)(H,20,23)(H,22,24). The normalized spacial score (nSPS) is 10.7. The van der Waals surface area contributed by atoms with Gasteiger partial charge in [-0.3, -0.25) is 9.59 Å². The minimum absolute atomic E-state index is 0.170. The Bertz CT molecular complexity index is 986. The van der Waals surface area contributed by atoms with E-state index in [0.29, 0.717) is 42.0 Å². The van der Waals surface area contributed by atoms with Crippen LogP contribution in [0.5, 0.6) is 5.75 Å². The molecule has 0 bridgehead atoms. The summed E-state index contributed by atoms with van der Waals surface area (Å²) in [6, 6.07) is 7.28. The van der Waals surface area contributed by atoms with Crippen molar-refractivity contribution < 1.29 is 9.53 Å². The molecule has 0 fully saturated rings. The molecule has 2 heterocycles. The number of thiophene rings is 1. The number of anilines is 1. The van der Waals surface area contributed by atoms with Gasteiger partial charge in [-0.15, -0.1) is 11.3 Å². The van der Waals surface area contributed by atoms with Crippen LogP contribution in [0.2, 0.25) is 0 Å². The fourth-order valence-electron chi connectivity index (χ4n) is 2.51. The Labute approximate surface area is 161 Å². The number of methoxy groups -OCH3 is 1. The Morgan fingerprint density at radius 1 is 1.31 bits per heavy atom. The highest BCUT2D eigenvalue weighted by molar-refractivity contribution is 9.11. The van der Waals surface area contributed by atoms with Gasteiger partial charge >= 0.3 is 0 Å². The molecular weight excluding hydrogens is 420 g/mol. The number of fused-ring (bicyclic) bond motifs is 1. The van der Waals surface area contributed by atoms with Crippen molar-refractivity contribution in [2.24, 2.45) is 0 Å². The zero-order valence-electron chi connectivity index (χ0n) is 14.0. The van der Waals surface area contributed by atoms with Gasteiger partial charge in [0.2, 0.25) is 0 Å². The molecule has 0 saturated carbocycles. The second kappa shape index (κ2) is 8.33. The molecule has 26 heavy (non-hydrogen) atoms. The Kier molecular flexibility index (Phi) is 5.89. The monoisotopic (exact) mass is 436 g/mol. The molecule has 0 aliphatic heterocycles. The predicted molar refractivity (Wildman–Crippen MR) is 106 cm³/mol. The summed E-state index contributed by atoms with van der Waals surface area (Å²) in [7, 11) is 1.54. The van der Waals surface area contributed by atoms with E-state index in [0.717, 1.165) is 9.17 Å². The lowest BCUT2D eigenvalue weighted by Crippen LogP contribution is -2.26. The first-order chi connectivity index (χ1) is 12.6. The van der Waals surface area contributed by atoms with E-state index in [1.165, 1.54) is 18.4 Å². The predicted octanol–water partition coefficient (Wildman–Crippen LogP) is 2.99. The lowest BCUT2D eigenvalue weighted by Gasteiger charge is -2.09. The lowest BCUT2D eigenvalue weighted by molar-refractivity contribution is 0.0951. The van der Waals surface area contributed by atoms with E-state index in [1.807, 2.05) is 18.2 Å². The van der Waals surface area contributed by atoms with Crippen LogP contribution in [-0.4, -0.2) is 36.3 Å². The van der Waals surface area contributed by atoms with Crippen LogP contribution in [0.25, 0.3) is 10.8 Å². The van der Waals surface area contributed by atoms with Crippen LogP contribution in [0.15, 0.2) is 38.2 Å². The first-order valence-corrected chi connectivity index (χ1v) is 9.59. The number of H-pyrrole nitrogens is 1. The summed E-state index contributed by atoms with van der Waals surface area (Å²) in [5.74, 6) is 1.00. The third-order valence-electron chi connectivity index (χ3n) is 3.78. The van der Waals surface area contributed by atoms with Crippen molar-refractivity contribution in [2.45, 2.75) is 6.42 Å². The average Bonchev–Trinajstić information content (AvgIpc) is 3.04. The number of hydrogen-bond donors (Lipinski definition) is 3. The van der Waals surface area contributed by atoms with E-state index in [2.05, 4.69) is 36.8 Å². The summed E-state index contributed by atoms with van der Waals surface area (Å²) in [6.07, 6.45) is 0.703. The summed E-state index contributed by atoms with van der Waals surface area (Å²) in [6.45, 7) is 1.11. The van der Waals surface area contributed by atoms with Crippen LogP contribution in [0.4, 0.5) is 5.82 Å². The van der Waals surface area contributed by atoms with Crippen LogP contribution in [0, 0.1) is 0 Å². The van der Waals surface area contributed by atoms with Gasteiger partial charge in [-0.25, -0.2) is 5.10 Å². The van der Waals surface area contributed by atoms with Crippen LogP contribution < -0.4 is 20.9 Å². The van der Waals surface area contributed by atoms with E-state index in [-0.39, 0.29) is 11.5 Å². The summed E-state index contributed by atoms with van der Waals surface area (Å²) < 4.78 is 6.02. The molecular formula is C17H17BrN4O3S. The molecule has 0 spiro atoms. The Hall–Kier alpha value is -2.39. The van der Waals surface area contributed by atoms with E-state index in [9.17, 15) is 9.59 Å². The largest absolute Gasteiger partial charge is 0.494 e. The molecule has 0 aliphatic carbocycles. The third-order valence-corrected chi connectivity index (χ3v) is 5.45. The van der Waals surface area contributed by atoms with Crippen molar-refractivity contribution in [3.8, 4) is 5.75 Å². The number of carbonyl (C=O) groups excluding carboxylic acids is 1. The van der Waals surface area contributed by atoms with Crippen molar-refractivity contribution in [3.63, 3.8) is 0 Å². The zero-order chi connectivity index (χ0) is 18.5. The van der Waals surface area contributed by atoms with Crippen LogP contribution >= 0.6 is 27.3 Å². The van der Waals surface area contributed by atoms with E-state index in [4.69, 9.17) is 4.74 Å². The second-order valence-electron chi connectivity index (χ2n) is 5.44. The second-order valence-corrected chi connectivity index (χ2v) is 7.64. The van der Waals surface area contributed by atoms with Crippen molar-refractivity contribution >= 4 is 49.8 Å². The number of rotatable bonds is 7. The number of carbonyl (C=O) groups is 1. The molecule has 7 nitrogen and oxygen atoms in total. The van der Waals surface area contributed by atoms with Gasteiger partial charge in [0, 0.05) is 23.9 Å². The molecule has 0 unspecified atom stereocenters. The average molecular weight is 437 g/mol. The molecule has 2 aromatic heterocycles. The molecule has 0 saturated heterocycles. The SMILES string of the molecule is COc1c(C(=O)NCCCNc2n[nH]c(=O)c3ccccc23)csc1Br. The molecule has 0 aliphatic rings. The van der Waals surface area contributed by atoms with E-state index in [1.54, 1.807) is 11.4 Å². The number of aromatic nitrogens is 2. The van der Waals surface area contributed by atoms with Gasteiger partial charge in [0.15, 0.2) is 11.6 Å². The first-order valence-electron chi connectivity index (χ1n) is 7.92. The number of halogens is 1. The van der Waals surface area contributed by atoms with Gasteiger partial charge in [0.05, 0.1) is 18.1 Å². The smallest absolute Gasteiger partial charge is 0.272 e. The number of ether oxygens (including phenoxy) is 1. The quantitative estimate of drug-likeness (QED) is 0.494. The molecule has 3 rings (SSSR count). The van der Waals surface area contributed by atoms with Gasteiger partial charge in [0.25, 0.3) is 11.5 Å². The van der Waals surface area contributed by atoms with Crippen LogP contribution in [-0.2, 0) is 0 Å². The molecule has 136 valence electrons. The van der Waals surface area contributed by atoms with Gasteiger partial charge in [-0.05, 0) is 28.4 Å². The van der Waals surface area contributed by atoms with Crippen LogP contribution in [0.1, 0.15) is 16.8 Å². The fraction of sp³-hybridized carbons (Fsp3) is 0.235. The highest BCUT2D eigenvalue weighted by atomic mass is 79.9. The highest BCUT2D eigenvalue weighted by Gasteiger charge is 2.16. The topological polar surface area (TPSA) is 96.1 Å². The van der Waals surface area contributed by atoms with Crippen molar-refractivity contribution in [1.29, 1.82) is 0 Å². The molecule has 1 aromatic carbocycles. The molecule has 3 aromatic rings. The number of nitrogens with one attached hydrogen (secondary N) is 3. The number of benzene rings is 1. The summed E-state index contributed by atoms with van der Waals surface area (Å²) in [5, 5.41) is 15.7. The Morgan fingerprint density at radius 3 is 2.85 bits per heavy atom. The Balaban J connectivity index is 1.53. The number of aromatic amines is 1. The van der Waals surface area contributed by atoms with Crippen LogP contribution in [0.3, 0.4) is 0 Å². The number of nitrogens with zero attached hydrogens (tertiary/aromatic N) is 1. The van der Waals surface area contributed by atoms with E-state index >= 15 is 0 Å². The molecule has 0 atom stereocenters. The number of hydrogen-bond acceptors (Lipinski definition) is 6. The number of amides is 1. The maximum Gasteiger partial charge on any atom is 0.272 e. The molecule has 3 N–H and O–H groups in total. The van der Waals surface area contributed by atoms with Gasteiger partial charge in [0.1, 0.15) is 3.79 Å². The minimum atomic E-state index is -0.214. The molecule has 1 amide bonds. The Morgan fingerprint density at radius 2 is 2.08 bits per heavy atom. The summed E-state index contributed by atoms with van der Waals surface area (Å²) >= 11 is 4.77. The van der Waals surface area contributed by atoms with Crippen molar-refractivity contribution in [1.82, 2.24) is 15.5 Å². The molecule has 9 heteroatoms. The maximum atomic E-state index is 12.2. The van der Waals surface area contributed by atoms with Crippen molar-refractivity contribution in [2.75, 3.05) is 25.5 Å². The lowest BCUT2D eigenvalue weighted by atomic mass is 10.2. The third kappa shape index (κ3) is 3.88. The zero-order valence-corrected chi connectivity index (χ0v) is 16.4. The summed E-state index contributed by atoms with van der Waals surface area (Å²) in [5.41, 5.74) is 0.305. The van der Waals surface area contributed by atoms with Gasteiger partial charge in [-0.2, -0.15) is 5.10 Å².